The van der Waals surface area contributed by atoms with Gasteiger partial charge in [0.25, 0.3) is 0 Å². The Kier molecular flexibility index (Phi) is 3.37. The van der Waals surface area contributed by atoms with E-state index in [1.54, 1.807) is 12.5 Å². The van der Waals surface area contributed by atoms with Gasteiger partial charge in [0.1, 0.15) is 0 Å². The first-order valence-electron chi connectivity index (χ1n) is 5.51. The number of rotatable bonds is 4. The first kappa shape index (κ1) is 10.9. The lowest BCUT2D eigenvalue weighted by atomic mass is 10.1. The van der Waals surface area contributed by atoms with Crippen LogP contribution in [-0.2, 0) is 12.8 Å². The van der Waals surface area contributed by atoms with Crippen molar-refractivity contribution in [1.29, 1.82) is 0 Å². The van der Waals surface area contributed by atoms with E-state index in [0.29, 0.717) is 0 Å². The molecule has 0 fully saturated rings. The summed E-state index contributed by atoms with van der Waals surface area (Å²) in [7, 11) is 0. The minimum absolute atomic E-state index is 0.0428. The van der Waals surface area contributed by atoms with Crippen molar-refractivity contribution in [3.63, 3.8) is 0 Å². The largest absolute Gasteiger partial charge is 0.472 e. The van der Waals surface area contributed by atoms with Gasteiger partial charge in [-0.1, -0.05) is 13.0 Å². The van der Waals surface area contributed by atoms with Gasteiger partial charge < -0.3 is 10.2 Å². The monoisotopic (exact) mass is 216 g/mol. The Morgan fingerprint density at radius 1 is 1.38 bits per heavy atom. The zero-order valence-electron chi connectivity index (χ0n) is 9.39. The summed E-state index contributed by atoms with van der Waals surface area (Å²) in [6, 6.07) is 5.99. The van der Waals surface area contributed by atoms with E-state index < -0.39 is 0 Å². The number of pyridine rings is 1. The van der Waals surface area contributed by atoms with Crippen LogP contribution in [0.15, 0.2) is 41.3 Å². The summed E-state index contributed by atoms with van der Waals surface area (Å²) in [5.74, 6) is 0. The van der Waals surface area contributed by atoms with Crippen molar-refractivity contribution in [3.8, 4) is 0 Å². The average molecular weight is 216 g/mol. The Labute approximate surface area is 95.3 Å². The molecule has 0 saturated heterocycles. The van der Waals surface area contributed by atoms with Crippen LogP contribution < -0.4 is 5.73 Å². The summed E-state index contributed by atoms with van der Waals surface area (Å²) in [6.07, 6.45) is 7.00. The average Bonchev–Trinajstić information content (AvgIpc) is 2.83. The number of furan rings is 1. The van der Waals surface area contributed by atoms with E-state index in [9.17, 15) is 0 Å². The molecule has 0 radical (unpaired) electrons. The molecule has 16 heavy (non-hydrogen) atoms. The zero-order valence-corrected chi connectivity index (χ0v) is 9.39. The SMILES string of the molecule is CCc1ccc(CC(N)c2ccoc2)nc1. The van der Waals surface area contributed by atoms with Crippen molar-refractivity contribution in [2.24, 2.45) is 5.73 Å². The van der Waals surface area contributed by atoms with E-state index in [0.717, 1.165) is 24.1 Å². The van der Waals surface area contributed by atoms with E-state index >= 15 is 0 Å². The lowest BCUT2D eigenvalue weighted by Gasteiger charge is -2.08. The summed E-state index contributed by atoms with van der Waals surface area (Å²) >= 11 is 0. The molecule has 2 rings (SSSR count). The maximum Gasteiger partial charge on any atom is 0.0950 e. The molecule has 1 unspecified atom stereocenters. The molecule has 0 aliphatic carbocycles. The molecule has 0 aromatic carbocycles. The molecule has 2 aromatic rings. The Hall–Kier alpha value is -1.61. The van der Waals surface area contributed by atoms with Crippen molar-refractivity contribution in [1.82, 2.24) is 4.98 Å². The molecule has 84 valence electrons. The van der Waals surface area contributed by atoms with Crippen molar-refractivity contribution in [3.05, 3.63) is 53.7 Å². The van der Waals surface area contributed by atoms with E-state index in [1.165, 1.54) is 5.56 Å². The number of nitrogens with two attached hydrogens (primary N) is 1. The molecule has 2 N–H and O–H groups in total. The van der Waals surface area contributed by atoms with Gasteiger partial charge in [-0.25, -0.2) is 0 Å². The Morgan fingerprint density at radius 2 is 2.25 bits per heavy atom. The van der Waals surface area contributed by atoms with Crippen LogP contribution in [0.25, 0.3) is 0 Å². The van der Waals surface area contributed by atoms with Crippen molar-refractivity contribution >= 4 is 0 Å². The summed E-state index contributed by atoms with van der Waals surface area (Å²) in [5, 5.41) is 0. The van der Waals surface area contributed by atoms with Gasteiger partial charge in [0, 0.05) is 29.9 Å². The predicted molar refractivity (Wildman–Crippen MR) is 63.0 cm³/mol. The van der Waals surface area contributed by atoms with E-state index in [1.807, 2.05) is 18.3 Å². The second-order valence-electron chi connectivity index (χ2n) is 3.88. The molecule has 0 spiro atoms. The molecular formula is C13H16N2O. The molecule has 1 atom stereocenters. The van der Waals surface area contributed by atoms with Crippen molar-refractivity contribution < 1.29 is 4.42 Å². The van der Waals surface area contributed by atoms with Gasteiger partial charge in [0.2, 0.25) is 0 Å². The third-order valence-electron chi connectivity index (χ3n) is 2.69. The highest BCUT2D eigenvalue weighted by atomic mass is 16.3. The van der Waals surface area contributed by atoms with Crippen LogP contribution in [0.1, 0.15) is 29.8 Å². The lowest BCUT2D eigenvalue weighted by molar-refractivity contribution is 0.558. The standard InChI is InChI=1S/C13H16N2O/c1-2-10-3-4-12(15-8-10)7-13(14)11-5-6-16-9-11/h3-6,8-9,13H,2,7,14H2,1H3. The minimum atomic E-state index is -0.0428. The summed E-state index contributed by atoms with van der Waals surface area (Å²) < 4.78 is 5.01. The quantitative estimate of drug-likeness (QED) is 0.854. The van der Waals surface area contributed by atoms with Gasteiger partial charge in [-0.15, -0.1) is 0 Å². The van der Waals surface area contributed by atoms with Gasteiger partial charge in [-0.2, -0.15) is 0 Å². The number of aromatic nitrogens is 1. The fourth-order valence-corrected chi connectivity index (χ4v) is 1.61. The number of hydrogen-bond acceptors (Lipinski definition) is 3. The fourth-order valence-electron chi connectivity index (χ4n) is 1.61. The third kappa shape index (κ3) is 2.49. The molecule has 2 aromatic heterocycles. The normalized spacial score (nSPS) is 12.6. The van der Waals surface area contributed by atoms with Gasteiger partial charge in [-0.3, -0.25) is 4.98 Å². The number of hydrogen-bond donors (Lipinski definition) is 1. The van der Waals surface area contributed by atoms with Gasteiger partial charge >= 0.3 is 0 Å². The fraction of sp³-hybridized carbons (Fsp3) is 0.308. The molecule has 0 saturated carbocycles. The first-order valence-corrected chi connectivity index (χ1v) is 5.51. The highest BCUT2D eigenvalue weighted by Gasteiger charge is 2.08. The van der Waals surface area contributed by atoms with Crippen LogP contribution in [-0.4, -0.2) is 4.98 Å². The Bertz CT molecular complexity index is 420. The highest BCUT2D eigenvalue weighted by Crippen LogP contribution is 2.15. The molecule has 0 aliphatic heterocycles. The van der Waals surface area contributed by atoms with E-state index in [4.69, 9.17) is 10.2 Å². The van der Waals surface area contributed by atoms with Crippen LogP contribution in [0.5, 0.6) is 0 Å². The minimum Gasteiger partial charge on any atom is -0.472 e. The topological polar surface area (TPSA) is 52.0 Å². The van der Waals surface area contributed by atoms with Crippen LogP contribution in [0.4, 0.5) is 0 Å². The van der Waals surface area contributed by atoms with Gasteiger partial charge in [0.15, 0.2) is 0 Å². The van der Waals surface area contributed by atoms with E-state index in [-0.39, 0.29) is 6.04 Å². The number of aryl methyl sites for hydroxylation is 1. The van der Waals surface area contributed by atoms with Crippen LogP contribution in [0.2, 0.25) is 0 Å². The Morgan fingerprint density at radius 3 is 2.81 bits per heavy atom. The lowest BCUT2D eigenvalue weighted by Crippen LogP contribution is -2.13. The smallest absolute Gasteiger partial charge is 0.0950 e. The summed E-state index contributed by atoms with van der Waals surface area (Å²) in [6.45, 7) is 2.12. The third-order valence-corrected chi connectivity index (χ3v) is 2.69. The second kappa shape index (κ2) is 4.94. The summed E-state index contributed by atoms with van der Waals surface area (Å²) in [4.78, 5) is 4.39. The first-order chi connectivity index (χ1) is 7.79. The van der Waals surface area contributed by atoms with Crippen molar-refractivity contribution in [2.75, 3.05) is 0 Å². The molecule has 2 heterocycles. The summed E-state index contributed by atoms with van der Waals surface area (Å²) in [5.41, 5.74) is 9.33. The van der Waals surface area contributed by atoms with Crippen LogP contribution in [0.3, 0.4) is 0 Å². The molecule has 0 amide bonds. The van der Waals surface area contributed by atoms with Crippen LogP contribution >= 0.6 is 0 Å². The Balaban J connectivity index is 2.03. The molecule has 0 bridgehead atoms. The highest BCUT2D eigenvalue weighted by molar-refractivity contribution is 5.18. The molecule has 0 aliphatic rings. The molecule has 3 nitrogen and oxygen atoms in total. The van der Waals surface area contributed by atoms with Crippen LogP contribution in [0, 0.1) is 0 Å². The predicted octanol–water partition coefficient (Wildman–Crippen LogP) is 2.48. The van der Waals surface area contributed by atoms with Gasteiger partial charge in [0.05, 0.1) is 12.5 Å². The van der Waals surface area contributed by atoms with Crippen molar-refractivity contribution in [2.45, 2.75) is 25.8 Å². The second-order valence-corrected chi connectivity index (χ2v) is 3.88. The van der Waals surface area contributed by atoms with E-state index in [2.05, 4.69) is 18.0 Å². The molecule has 3 heteroatoms. The maximum absolute atomic E-state index is 6.04. The maximum atomic E-state index is 6.04. The number of nitrogens with zero attached hydrogens (tertiary/aromatic N) is 1. The molecular weight excluding hydrogens is 200 g/mol. The van der Waals surface area contributed by atoms with Gasteiger partial charge in [-0.05, 0) is 24.1 Å². The zero-order chi connectivity index (χ0) is 11.4.